The molecule has 0 amide bonds. The van der Waals surface area contributed by atoms with Crippen LogP contribution in [0.2, 0.25) is 0 Å². The fourth-order valence-corrected chi connectivity index (χ4v) is 5.84. The molecule has 0 spiro atoms. The largest absolute Gasteiger partial charge is 0.378 e. The van der Waals surface area contributed by atoms with Crippen molar-refractivity contribution in [1.29, 1.82) is 0 Å². The van der Waals surface area contributed by atoms with Crippen molar-refractivity contribution in [3.8, 4) is 0 Å². The summed E-state index contributed by atoms with van der Waals surface area (Å²) >= 11 is 0. The smallest absolute Gasteiger partial charge is 0.214 e. The predicted molar refractivity (Wildman–Crippen MR) is 92.0 cm³/mol. The van der Waals surface area contributed by atoms with Gasteiger partial charge in [0.25, 0.3) is 0 Å². The van der Waals surface area contributed by atoms with E-state index in [0.29, 0.717) is 25.6 Å². The molecule has 0 aromatic heterocycles. The Labute approximate surface area is 141 Å². The number of sulfonamides is 1. The van der Waals surface area contributed by atoms with Gasteiger partial charge in [0.15, 0.2) is 0 Å². The second kappa shape index (κ2) is 8.28. The second-order valence-corrected chi connectivity index (χ2v) is 9.43. The van der Waals surface area contributed by atoms with E-state index in [2.05, 4.69) is 4.90 Å². The van der Waals surface area contributed by atoms with Gasteiger partial charge in [0, 0.05) is 25.7 Å². The summed E-state index contributed by atoms with van der Waals surface area (Å²) in [5.74, 6) is 0.254. The lowest BCUT2D eigenvalue weighted by atomic mass is 10.1. The van der Waals surface area contributed by atoms with Gasteiger partial charge in [-0.3, -0.25) is 4.90 Å². The summed E-state index contributed by atoms with van der Waals surface area (Å²) in [6.45, 7) is 4.50. The molecule has 3 saturated heterocycles. The fourth-order valence-electron chi connectivity index (χ4n) is 4.21. The average molecular weight is 345 g/mol. The van der Waals surface area contributed by atoms with Crippen molar-refractivity contribution in [3.63, 3.8) is 0 Å². The molecule has 0 N–H and O–H groups in total. The van der Waals surface area contributed by atoms with Crippen molar-refractivity contribution < 1.29 is 13.2 Å². The van der Waals surface area contributed by atoms with Crippen LogP contribution in [0.4, 0.5) is 0 Å². The van der Waals surface area contributed by atoms with Gasteiger partial charge in [0.2, 0.25) is 10.0 Å². The van der Waals surface area contributed by atoms with Crippen LogP contribution in [-0.4, -0.2) is 68.3 Å². The van der Waals surface area contributed by atoms with Crippen molar-refractivity contribution in [2.75, 3.05) is 38.5 Å². The molecule has 6 heteroatoms. The third-order valence-electron chi connectivity index (χ3n) is 5.63. The van der Waals surface area contributed by atoms with Gasteiger partial charge in [-0.05, 0) is 58.0 Å². The van der Waals surface area contributed by atoms with Gasteiger partial charge in [0.05, 0.1) is 11.9 Å². The number of hydrogen-bond donors (Lipinski definition) is 0. The maximum atomic E-state index is 12.7. The molecule has 0 unspecified atom stereocenters. The van der Waals surface area contributed by atoms with Gasteiger partial charge in [0.1, 0.15) is 0 Å². The number of hydrogen-bond acceptors (Lipinski definition) is 4. The van der Waals surface area contributed by atoms with Gasteiger partial charge in [-0.2, -0.15) is 0 Å². The summed E-state index contributed by atoms with van der Waals surface area (Å²) in [6, 6.07) is 0.430. The topological polar surface area (TPSA) is 49.9 Å². The molecule has 5 nitrogen and oxygen atoms in total. The van der Waals surface area contributed by atoms with Gasteiger partial charge in [-0.25, -0.2) is 12.7 Å². The Balaban J connectivity index is 1.53. The summed E-state index contributed by atoms with van der Waals surface area (Å²) in [6.07, 6.45) is 10.3. The molecule has 2 atom stereocenters. The van der Waals surface area contributed by atoms with Crippen LogP contribution < -0.4 is 0 Å². The van der Waals surface area contributed by atoms with Crippen molar-refractivity contribution in [1.82, 2.24) is 9.21 Å². The number of nitrogens with zero attached hydrogens (tertiary/aromatic N) is 2. The fraction of sp³-hybridized carbons (Fsp3) is 1.00. The van der Waals surface area contributed by atoms with Crippen LogP contribution in [0.15, 0.2) is 0 Å². The van der Waals surface area contributed by atoms with Crippen molar-refractivity contribution >= 4 is 10.0 Å². The minimum atomic E-state index is -3.12. The lowest BCUT2D eigenvalue weighted by Gasteiger charge is -2.38. The number of ether oxygens (including phenoxy) is 1. The highest BCUT2D eigenvalue weighted by atomic mass is 32.2. The zero-order valence-corrected chi connectivity index (χ0v) is 15.1. The average Bonchev–Trinajstić information content (AvgIpc) is 2.94. The van der Waals surface area contributed by atoms with E-state index in [1.165, 1.54) is 25.7 Å². The highest BCUT2D eigenvalue weighted by Gasteiger charge is 2.32. The maximum Gasteiger partial charge on any atom is 0.214 e. The van der Waals surface area contributed by atoms with Gasteiger partial charge >= 0.3 is 0 Å². The van der Waals surface area contributed by atoms with E-state index < -0.39 is 10.0 Å². The van der Waals surface area contributed by atoms with Crippen LogP contribution in [0.3, 0.4) is 0 Å². The van der Waals surface area contributed by atoms with Gasteiger partial charge in [-0.15, -0.1) is 0 Å². The number of rotatable bonds is 5. The summed E-state index contributed by atoms with van der Waals surface area (Å²) in [5.41, 5.74) is 0. The highest BCUT2D eigenvalue weighted by molar-refractivity contribution is 7.89. The van der Waals surface area contributed by atoms with Crippen molar-refractivity contribution in [3.05, 3.63) is 0 Å². The van der Waals surface area contributed by atoms with E-state index in [4.69, 9.17) is 4.74 Å². The lowest BCUT2D eigenvalue weighted by Crippen LogP contribution is -2.50. The van der Waals surface area contributed by atoms with Crippen LogP contribution in [0.1, 0.15) is 57.8 Å². The molecule has 3 aliphatic rings. The Kier molecular flexibility index (Phi) is 6.35. The molecule has 3 fully saturated rings. The summed E-state index contributed by atoms with van der Waals surface area (Å²) in [7, 11) is -3.12. The van der Waals surface area contributed by atoms with Crippen LogP contribution in [-0.2, 0) is 14.8 Å². The Morgan fingerprint density at radius 2 is 1.70 bits per heavy atom. The first-order valence-electron chi connectivity index (χ1n) is 9.49. The minimum Gasteiger partial charge on any atom is -0.378 e. The van der Waals surface area contributed by atoms with Crippen LogP contribution in [0.5, 0.6) is 0 Å². The summed E-state index contributed by atoms with van der Waals surface area (Å²) in [4.78, 5) is 2.55. The molecule has 3 aliphatic heterocycles. The zero-order chi connectivity index (χ0) is 16.1. The van der Waals surface area contributed by atoms with E-state index >= 15 is 0 Å². The predicted octanol–water partition coefficient (Wildman–Crippen LogP) is 2.23. The summed E-state index contributed by atoms with van der Waals surface area (Å²) < 4.78 is 32.7. The zero-order valence-electron chi connectivity index (χ0n) is 14.3. The van der Waals surface area contributed by atoms with Crippen LogP contribution in [0, 0.1) is 0 Å². The number of likely N-dealkylation sites (tertiary alicyclic amines) is 1. The van der Waals surface area contributed by atoms with Crippen LogP contribution in [0.25, 0.3) is 0 Å². The molecular weight excluding hydrogens is 312 g/mol. The molecule has 0 aromatic rings. The molecule has 0 radical (unpaired) electrons. The molecule has 134 valence electrons. The maximum absolute atomic E-state index is 12.7. The minimum absolute atomic E-state index is 0.163. The Bertz CT molecular complexity index is 454. The van der Waals surface area contributed by atoms with Crippen LogP contribution >= 0.6 is 0 Å². The van der Waals surface area contributed by atoms with Gasteiger partial charge < -0.3 is 4.74 Å². The Morgan fingerprint density at radius 3 is 2.39 bits per heavy atom. The highest BCUT2D eigenvalue weighted by Crippen LogP contribution is 2.23. The second-order valence-electron chi connectivity index (χ2n) is 7.34. The molecule has 0 saturated carbocycles. The van der Waals surface area contributed by atoms with E-state index in [9.17, 15) is 8.42 Å². The third kappa shape index (κ3) is 4.91. The first kappa shape index (κ1) is 17.6. The third-order valence-corrected chi connectivity index (χ3v) is 7.50. The Hall–Kier alpha value is -0.170. The normalized spacial score (nSPS) is 32.0. The van der Waals surface area contributed by atoms with E-state index in [1.54, 1.807) is 4.31 Å². The molecule has 0 bridgehead atoms. The summed E-state index contributed by atoms with van der Waals surface area (Å²) in [5, 5.41) is 0. The monoisotopic (exact) mass is 344 g/mol. The Morgan fingerprint density at radius 1 is 0.913 bits per heavy atom. The van der Waals surface area contributed by atoms with Gasteiger partial charge in [-0.1, -0.05) is 12.8 Å². The van der Waals surface area contributed by atoms with Crippen molar-refractivity contribution in [2.24, 2.45) is 0 Å². The van der Waals surface area contributed by atoms with Crippen molar-refractivity contribution in [2.45, 2.75) is 69.9 Å². The quantitative estimate of drug-likeness (QED) is 0.767. The standard InChI is InChI=1S/C17H32N2O3S/c20-23(21,14-9-17-8-6-13-22-17)19-12-5-7-16(15-19)18-10-3-1-2-4-11-18/h16-17H,1-15H2/t16-,17-/m1/s1. The number of piperidine rings is 1. The molecular formula is C17H32N2O3S. The molecule has 0 aromatic carbocycles. The van der Waals surface area contributed by atoms with E-state index in [1.807, 2.05) is 0 Å². The first-order chi connectivity index (χ1) is 11.1. The molecule has 0 aliphatic carbocycles. The molecule has 3 heterocycles. The van der Waals surface area contributed by atoms with E-state index in [-0.39, 0.29) is 11.9 Å². The molecule has 23 heavy (non-hydrogen) atoms. The molecule has 3 rings (SSSR count). The van der Waals surface area contributed by atoms with E-state index in [0.717, 1.165) is 45.4 Å². The lowest BCUT2D eigenvalue weighted by molar-refractivity contribution is 0.108. The first-order valence-corrected chi connectivity index (χ1v) is 11.1. The SMILES string of the molecule is O=S(=O)(CC[C@H]1CCCO1)N1CCC[C@@H](N2CCCCCC2)C1.